The second-order valence-electron chi connectivity index (χ2n) is 5.94. The van der Waals surface area contributed by atoms with Gasteiger partial charge in [0.1, 0.15) is 0 Å². The summed E-state index contributed by atoms with van der Waals surface area (Å²) in [5.41, 5.74) is 0.980. The number of nitrogens with zero attached hydrogens (tertiary/aromatic N) is 1. The van der Waals surface area contributed by atoms with E-state index in [1.807, 2.05) is 25.1 Å². The first-order valence-electron chi connectivity index (χ1n) is 8.77. The predicted octanol–water partition coefficient (Wildman–Crippen LogP) is 2.56. The number of sulfone groups is 1. The van der Waals surface area contributed by atoms with E-state index in [-0.39, 0.29) is 43.1 Å². The van der Waals surface area contributed by atoms with Crippen LogP contribution in [0.2, 0.25) is 0 Å². The van der Waals surface area contributed by atoms with Crippen LogP contribution in [0.15, 0.2) is 58.4 Å². The highest BCUT2D eigenvalue weighted by atomic mass is 127. The van der Waals surface area contributed by atoms with Gasteiger partial charge in [-0.3, -0.25) is 0 Å². The summed E-state index contributed by atoms with van der Waals surface area (Å²) in [5.74, 6) is 2.01. The van der Waals surface area contributed by atoms with Gasteiger partial charge in [0, 0.05) is 13.1 Å². The van der Waals surface area contributed by atoms with Crippen molar-refractivity contribution < 1.29 is 17.9 Å². The fraction of sp³-hybridized carbons (Fsp3) is 0.316. The van der Waals surface area contributed by atoms with E-state index in [1.165, 1.54) is 0 Å². The summed E-state index contributed by atoms with van der Waals surface area (Å²) in [4.78, 5) is 4.83. The quantitative estimate of drug-likeness (QED) is 0.334. The number of rotatable bonds is 7. The van der Waals surface area contributed by atoms with Crippen molar-refractivity contribution in [2.24, 2.45) is 4.99 Å². The Labute approximate surface area is 182 Å². The highest BCUT2D eigenvalue weighted by Crippen LogP contribution is 2.32. The zero-order valence-electron chi connectivity index (χ0n) is 15.6. The van der Waals surface area contributed by atoms with Crippen molar-refractivity contribution in [3.63, 3.8) is 0 Å². The van der Waals surface area contributed by atoms with Crippen LogP contribution in [-0.2, 0) is 16.4 Å². The molecule has 0 unspecified atom stereocenters. The van der Waals surface area contributed by atoms with Crippen LogP contribution in [0.4, 0.5) is 0 Å². The highest BCUT2D eigenvalue weighted by molar-refractivity contribution is 14.0. The SMILES string of the molecule is CCNC(=NCc1ccc2c(c1)OCO2)NCCS(=O)(=O)c1ccccc1.I. The summed E-state index contributed by atoms with van der Waals surface area (Å²) < 4.78 is 35.3. The van der Waals surface area contributed by atoms with Crippen LogP contribution < -0.4 is 20.1 Å². The third-order valence-electron chi connectivity index (χ3n) is 3.97. The summed E-state index contributed by atoms with van der Waals surface area (Å²) in [7, 11) is -3.32. The number of benzene rings is 2. The van der Waals surface area contributed by atoms with E-state index in [1.54, 1.807) is 30.3 Å². The number of hydrogen-bond acceptors (Lipinski definition) is 5. The van der Waals surface area contributed by atoms with Crippen molar-refractivity contribution in [1.82, 2.24) is 10.6 Å². The molecule has 0 aromatic heterocycles. The van der Waals surface area contributed by atoms with Crippen molar-refractivity contribution in [2.75, 3.05) is 25.6 Å². The van der Waals surface area contributed by atoms with E-state index in [4.69, 9.17) is 9.47 Å². The molecular weight excluding hydrogens is 493 g/mol. The average molecular weight is 517 g/mol. The standard InChI is InChI=1S/C19H23N3O4S.HI/c1-2-20-19(21-10-11-27(23,24)16-6-4-3-5-7-16)22-13-15-8-9-17-18(12-15)26-14-25-17;/h3-9,12H,2,10-11,13-14H2,1H3,(H2,20,21,22);1H. The maximum absolute atomic E-state index is 12.3. The van der Waals surface area contributed by atoms with Gasteiger partial charge in [0.2, 0.25) is 6.79 Å². The molecule has 1 aliphatic heterocycles. The van der Waals surface area contributed by atoms with Gasteiger partial charge in [0.05, 0.1) is 17.2 Å². The predicted molar refractivity (Wildman–Crippen MR) is 119 cm³/mol. The van der Waals surface area contributed by atoms with Gasteiger partial charge in [-0.2, -0.15) is 0 Å². The highest BCUT2D eigenvalue weighted by Gasteiger charge is 2.14. The third kappa shape index (κ3) is 5.99. The van der Waals surface area contributed by atoms with Crippen molar-refractivity contribution in [3.05, 3.63) is 54.1 Å². The lowest BCUT2D eigenvalue weighted by Gasteiger charge is -2.12. The molecule has 2 aromatic rings. The summed E-state index contributed by atoms with van der Waals surface area (Å²) in [6.07, 6.45) is 0. The van der Waals surface area contributed by atoms with Crippen molar-refractivity contribution >= 4 is 39.8 Å². The molecule has 0 radical (unpaired) electrons. The second-order valence-corrected chi connectivity index (χ2v) is 8.05. The lowest BCUT2D eigenvalue weighted by molar-refractivity contribution is 0.174. The molecule has 2 N–H and O–H groups in total. The topological polar surface area (TPSA) is 89.0 Å². The summed E-state index contributed by atoms with van der Waals surface area (Å²) >= 11 is 0. The Morgan fingerprint density at radius 3 is 2.57 bits per heavy atom. The first-order chi connectivity index (χ1) is 13.1. The van der Waals surface area contributed by atoms with Gasteiger partial charge in [0.25, 0.3) is 0 Å². The van der Waals surface area contributed by atoms with E-state index in [2.05, 4.69) is 15.6 Å². The van der Waals surface area contributed by atoms with Gasteiger partial charge in [-0.15, -0.1) is 24.0 Å². The Kier molecular flexibility index (Phi) is 8.36. The average Bonchev–Trinajstić information content (AvgIpc) is 3.14. The Bertz CT molecular complexity index is 905. The van der Waals surface area contributed by atoms with E-state index in [9.17, 15) is 8.42 Å². The van der Waals surface area contributed by atoms with Crippen LogP contribution >= 0.6 is 24.0 Å². The van der Waals surface area contributed by atoms with Crippen LogP contribution in [0.1, 0.15) is 12.5 Å². The van der Waals surface area contributed by atoms with Gasteiger partial charge in [-0.1, -0.05) is 24.3 Å². The molecular formula is C19H24IN3O4S. The Morgan fingerprint density at radius 2 is 1.82 bits per heavy atom. The molecule has 0 saturated carbocycles. The maximum Gasteiger partial charge on any atom is 0.231 e. The Morgan fingerprint density at radius 1 is 1.07 bits per heavy atom. The third-order valence-corrected chi connectivity index (χ3v) is 5.70. The van der Waals surface area contributed by atoms with Crippen LogP contribution in [0.25, 0.3) is 0 Å². The first-order valence-corrected chi connectivity index (χ1v) is 10.4. The van der Waals surface area contributed by atoms with Crippen LogP contribution in [0, 0.1) is 0 Å². The number of guanidine groups is 1. The van der Waals surface area contributed by atoms with E-state index in [0.717, 1.165) is 17.1 Å². The lowest BCUT2D eigenvalue weighted by atomic mass is 10.2. The van der Waals surface area contributed by atoms with Crippen LogP contribution in [0.3, 0.4) is 0 Å². The zero-order chi connectivity index (χ0) is 19.1. The molecule has 3 rings (SSSR count). The van der Waals surface area contributed by atoms with Gasteiger partial charge in [0.15, 0.2) is 27.3 Å². The monoisotopic (exact) mass is 517 g/mol. The molecule has 1 heterocycles. The smallest absolute Gasteiger partial charge is 0.231 e. The van der Waals surface area contributed by atoms with Crippen molar-refractivity contribution in [1.29, 1.82) is 0 Å². The molecule has 0 atom stereocenters. The molecule has 0 bridgehead atoms. The van der Waals surface area contributed by atoms with Gasteiger partial charge in [-0.25, -0.2) is 13.4 Å². The zero-order valence-corrected chi connectivity index (χ0v) is 18.7. The normalized spacial score (nSPS) is 13.0. The largest absolute Gasteiger partial charge is 0.454 e. The number of halogens is 1. The van der Waals surface area contributed by atoms with Gasteiger partial charge >= 0.3 is 0 Å². The molecule has 0 aliphatic carbocycles. The number of nitrogens with one attached hydrogen (secondary N) is 2. The van der Waals surface area contributed by atoms with E-state index in [0.29, 0.717) is 23.9 Å². The number of fused-ring (bicyclic) bond motifs is 1. The molecule has 1 aliphatic rings. The Hall–Kier alpha value is -2.01. The lowest BCUT2D eigenvalue weighted by Crippen LogP contribution is -2.39. The maximum atomic E-state index is 12.3. The molecule has 0 amide bonds. The fourth-order valence-corrected chi connectivity index (χ4v) is 3.78. The summed E-state index contributed by atoms with van der Waals surface area (Å²) in [5, 5.41) is 6.19. The van der Waals surface area contributed by atoms with Crippen LogP contribution in [-0.4, -0.2) is 40.0 Å². The minimum atomic E-state index is -3.32. The summed E-state index contributed by atoms with van der Waals surface area (Å²) in [6.45, 7) is 3.58. The van der Waals surface area contributed by atoms with Gasteiger partial charge < -0.3 is 20.1 Å². The second kappa shape index (κ2) is 10.5. The fourth-order valence-electron chi connectivity index (χ4n) is 2.60. The molecule has 9 heteroatoms. The molecule has 28 heavy (non-hydrogen) atoms. The molecule has 0 spiro atoms. The van der Waals surface area contributed by atoms with E-state index < -0.39 is 9.84 Å². The molecule has 152 valence electrons. The Balaban J connectivity index is 0.00000280. The minimum absolute atomic E-state index is 0. The minimum Gasteiger partial charge on any atom is -0.454 e. The molecule has 0 saturated heterocycles. The van der Waals surface area contributed by atoms with Crippen molar-refractivity contribution in [3.8, 4) is 11.5 Å². The molecule has 7 nitrogen and oxygen atoms in total. The van der Waals surface area contributed by atoms with Crippen LogP contribution in [0.5, 0.6) is 11.5 Å². The molecule has 2 aromatic carbocycles. The summed E-state index contributed by atoms with van der Waals surface area (Å²) in [6, 6.07) is 14.1. The van der Waals surface area contributed by atoms with E-state index >= 15 is 0 Å². The number of aliphatic imine (C=N–C) groups is 1. The molecule has 0 fully saturated rings. The number of hydrogen-bond donors (Lipinski definition) is 2. The van der Waals surface area contributed by atoms with Gasteiger partial charge in [-0.05, 0) is 36.8 Å². The van der Waals surface area contributed by atoms with Crippen molar-refractivity contribution in [2.45, 2.75) is 18.4 Å². The number of ether oxygens (including phenoxy) is 2. The first kappa shape index (κ1) is 22.3.